The summed E-state index contributed by atoms with van der Waals surface area (Å²) in [5.41, 5.74) is 29.0. The van der Waals surface area contributed by atoms with Crippen molar-refractivity contribution in [2.45, 2.75) is 62.7 Å². The fraction of sp³-hybridized carbons (Fsp3) is 0.444. The molecule has 240 valence electrons. The van der Waals surface area contributed by atoms with Gasteiger partial charge in [-0.15, -0.1) is 0 Å². The molecule has 0 bridgehead atoms. The van der Waals surface area contributed by atoms with Crippen LogP contribution in [0.2, 0.25) is 0 Å². The maximum absolute atomic E-state index is 13.5. The summed E-state index contributed by atoms with van der Waals surface area (Å²) in [7, 11) is 0. The number of hydrogen-bond donors (Lipinski definition) is 10. The first-order valence-electron chi connectivity index (χ1n) is 14.0. The quantitative estimate of drug-likeness (QED) is 0.0436. The molecule has 17 nitrogen and oxygen atoms in total. The number of nitrogens with one attached hydrogen (secondary N) is 4. The number of aliphatic carboxylic acids is 1. The molecule has 15 N–H and O–H groups in total. The van der Waals surface area contributed by atoms with Gasteiger partial charge in [0.25, 0.3) is 0 Å². The zero-order valence-corrected chi connectivity index (χ0v) is 24.3. The number of carboxylic acid groups (broad SMARTS) is 1. The molecule has 1 aromatic heterocycles. The minimum absolute atomic E-state index is 0.0624. The molecule has 3 amide bonds. The molecule has 0 saturated carbocycles. The number of hydrogen-bond acceptors (Lipinski definition) is 8. The number of aliphatic imine (C=N–C) groups is 2. The first kappa shape index (κ1) is 35.0. The SMILES string of the molecule is NC(N)=NCCCC(NC(=O)C(N)Cc1ccccc1)C(=O)NC(CCCN=C(N)N)C(=O)NC(Cc1cnc[nH]1)C(=O)O. The topological polar surface area (TPSA) is 308 Å². The van der Waals surface area contributed by atoms with E-state index < -0.39 is 47.9 Å². The molecule has 0 aliphatic heterocycles. The van der Waals surface area contributed by atoms with Crippen LogP contribution in [0, 0.1) is 0 Å². The van der Waals surface area contributed by atoms with Crippen molar-refractivity contribution in [3.05, 3.63) is 54.1 Å². The average Bonchev–Trinajstić information content (AvgIpc) is 3.49. The lowest BCUT2D eigenvalue weighted by molar-refractivity contribution is -0.142. The maximum Gasteiger partial charge on any atom is 0.326 e. The third-order valence-corrected chi connectivity index (χ3v) is 6.39. The summed E-state index contributed by atoms with van der Waals surface area (Å²) in [5.74, 6) is -3.55. The number of carbonyl (C=O) groups is 4. The molecule has 0 spiro atoms. The molecule has 2 rings (SSSR count). The molecule has 0 aliphatic carbocycles. The van der Waals surface area contributed by atoms with Crippen molar-refractivity contribution in [3.63, 3.8) is 0 Å². The Morgan fingerprint density at radius 3 is 1.80 bits per heavy atom. The average molecular weight is 615 g/mol. The van der Waals surface area contributed by atoms with Crippen molar-refractivity contribution >= 4 is 35.6 Å². The van der Waals surface area contributed by atoms with Gasteiger partial charge in [-0.2, -0.15) is 0 Å². The Labute approximate surface area is 254 Å². The van der Waals surface area contributed by atoms with Crippen LogP contribution in [0.1, 0.15) is 36.9 Å². The van der Waals surface area contributed by atoms with Gasteiger partial charge in [0.2, 0.25) is 17.7 Å². The molecule has 1 heterocycles. The summed E-state index contributed by atoms with van der Waals surface area (Å²) in [6.45, 7) is 0.347. The molecular weight excluding hydrogens is 572 g/mol. The number of carbonyl (C=O) groups excluding carboxylic acids is 3. The van der Waals surface area contributed by atoms with E-state index in [1.165, 1.54) is 12.5 Å². The van der Waals surface area contributed by atoms with E-state index in [-0.39, 0.29) is 57.1 Å². The molecule has 0 radical (unpaired) electrons. The third-order valence-electron chi connectivity index (χ3n) is 6.39. The van der Waals surface area contributed by atoms with Crippen molar-refractivity contribution in [3.8, 4) is 0 Å². The number of carboxylic acids is 1. The Balaban J connectivity index is 2.19. The molecule has 17 heteroatoms. The van der Waals surface area contributed by atoms with Crippen LogP contribution in [0.5, 0.6) is 0 Å². The molecule has 4 unspecified atom stereocenters. The lowest BCUT2D eigenvalue weighted by Crippen LogP contribution is -2.57. The van der Waals surface area contributed by atoms with Crippen LogP contribution in [0.15, 0.2) is 52.8 Å². The van der Waals surface area contributed by atoms with Gasteiger partial charge in [0, 0.05) is 31.4 Å². The molecular formula is C27H42N12O5. The van der Waals surface area contributed by atoms with E-state index in [9.17, 15) is 24.3 Å². The van der Waals surface area contributed by atoms with Crippen molar-refractivity contribution in [2.24, 2.45) is 38.7 Å². The first-order valence-corrected chi connectivity index (χ1v) is 14.0. The second-order valence-electron chi connectivity index (χ2n) is 10.00. The molecule has 2 aromatic rings. The van der Waals surface area contributed by atoms with Crippen LogP contribution in [0.3, 0.4) is 0 Å². The summed E-state index contributed by atoms with van der Waals surface area (Å²) in [4.78, 5) is 66.1. The van der Waals surface area contributed by atoms with E-state index in [1.807, 2.05) is 30.3 Å². The van der Waals surface area contributed by atoms with E-state index >= 15 is 0 Å². The number of rotatable bonds is 19. The fourth-order valence-corrected chi connectivity index (χ4v) is 4.15. The van der Waals surface area contributed by atoms with Gasteiger partial charge in [0.1, 0.15) is 18.1 Å². The van der Waals surface area contributed by atoms with Gasteiger partial charge in [0.05, 0.1) is 12.4 Å². The Morgan fingerprint density at radius 1 is 0.795 bits per heavy atom. The fourth-order valence-electron chi connectivity index (χ4n) is 4.15. The summed E-state index contributed by atoms with van der Waals surface area (Å²) >= 11 is 0. The van der Waals surface area contributed by atoms with E-state index in [0.717, 1.165) is 5.56 Å². The van der Waals surface area contributed by atoms with E-state index in [0.29, 0.717) is 12.1 Å². The highest BCUT2D eigenvalue weighted by molar-refractivity contribution is 5.94. The zero-order valence-electron chi connectivity index (χ0n) is 24.3. The largest absolute Gasteiger partial charge is 0.480 e. The number of imidazole rings is 1. The molecule has 0 fully saturated rings. The van der Waals surface area contributed by atoms with Gasteiger partial charge < -0.3 is 54.7 Å². The number of nitrogens with zero attached hydrogens (tertiary/aromatic N) is 3. The summed E-state index contributed by atoms with van der Waals surface area (Å²) < 4.78 is 0. The number of aromatic nitrogens is 2. The molecule has 4 atom stereocenters. The monoisotopic (exact) mass is 614 g/mol. The standard InChI is InChI=1S/C27H42N12O5/c28-18(12-16-6-2-1-3-7-16)22(40)37-19(8-4-10-34-26(29)30)23(41)38-20(9-5-11-35-27(31)32)24(42)39-21(25(43)44)13-17-14-33-15-36-17/h1-3,6-7,14-15,18-21H,4-5,8-13,28H2,(H,33,36)(H,37,40)(H,38,41)(H,39,42)(H,43,44)(H4,29,30,34)(H4,31,32,35). The predicted octanol–water partition coefficient (Wildman–Crippen LogP) is -2.83. The Kier molecular flexibility index (Phi) is 14.6. The normalized spacial score (nSPS) is 13.4. The van der Waals surface area contributed by atoms with Crippen LogP contribution >= 0.6 is 0 Å². The minimum Gasteiger partial charge on any atom is -0.480 e. The summed E-state index contributed by atoms with van der Waals surface area (Å²) in [5, 5.41) is 17.5. The zero-order chi connectivity index (χ0) is 32.5. The van der Waals surface area contributed by atoms with Gasteiger partial charge in [-0.05, 0) is 37.7 Å². The maximum atomic E-state index is 13.5. The summed E-state index contributed by atoms with van der Waals surface area (Å²) in [6.07, 6.45) is 3.76. The highest BCUT2D eigenvalue weighted by Crippen LogP contribution is 2.07. The molecule has 44 heavy (non-hydrogen) atoms. The first-order chi connectivity index (χ1) is 21.0. The van der Waals surface area contributed by atoms with Crippen molar-refractivity contribution in [2.75, 3.05) is 13.1 Å². The van der Waals surface area contributed by atoms with Gasteiger partial charge >= 0.3 is 5.97 Å². The number of aromatic amines is 1. The van der Waals surface area contributed by atoms with E-state index in [2.05, 4.69) is 35.9 Å². The van der Waals surface area contributed by atoms with Gasteiger partial charge in [-0.3, -0.25) is 24.4 Å². The smallest absolute Gasteiger partial charge is 0.326 e. The highest BCUT2D eigenvalue weighted by Gasteiger charge is 2.30. The van der Waals surface area contributed by atoms with Gasteiger partial charge in [0.15, 0.2) is 11.9 Å². The second-order valence-corrected chi connectivity index (χ2v) is 10.00. The number of H-pyrrole nitrogens is 1. The summed E-state index contributed by atoms with van der Waals surface area (Å²) in [6, 6.07) is 4.58. The van der Waals surface area contributed by atoms with Crippen molar-refractivity contribution in [1.82, 2.24) is 25.9 Å². The number of guanidine groups is 2. The number of amides is 3. The molecule has 0 saturated heterocycles. The highest BCUT2D eigenvalue weighted by atomic mass is 16.4. The molecule has 0 aliphatic rings. The minimum atomic E-state index is -1.31. The predicted molar refractivity (Wildman–Crippen MR) is 164 cm³/mol. The lowest BCUT2D eigenvalue weighted by atomic mass is 10.0. The van der Waals surface area contributed by atoms with Crippen molar-refractivity contribution < 1.29 is 24.3 Å². The van der Waals surface area contributed by atoms with Gasteiger partial charge in [-0.25, -0.2) is 9.78 Å². The van der Waals surface area contributed by atoms with E-state index in [1.54, 1.807) is 0 Å². The Morgan fingerprint density at radius 2 is 1.32 bits per heavy atom. The Hall–Kier alpha value is -5.19. The third kappa shape index (κ3) is 13.2. The van der Waals surface area contributed by atoms with Gasteiger partial charge in [-0.1, -0.05) is 30.3 Å². The van der Waals surface area contributed by atoms with Crippen LogP contribution < -0.4 is 44.6 Å². The van der Waals surface area contributed by atoms with Crippen LogP contribution in [0.4, 0.5) is 0 Å². The second kappa shape index (κ2) is 18.4. The van der Waals surface area contributed by atoms with Crippen LogP contribution in [-0.4, -0.2) is 87.9 Å². The van der Waals surface area contributed by atoms with E-state index in [4.69, 9.17) is 28.7 Å². The number of benzene rings is 1. The van der Waals surface area contributed by atoms with Crippen LogP contribution in [-0.2, 0) is 32.0 Å². The lowest BCUT2D eigenvalue weighted by Gasteiger charge is -2.25. The van der Waals surface area contributed by atoms with Crippen LogP contribution in [0.25, 0.3) is 0 Å². The van der Waals surface area contributed by atoms with Crippen molar-refractivity contribution in [1.29, 1.82) is 0 Å². The Bertz CT molecular complexity index is 1260. The number of nitrogens with two attached hydrogens (primary N) is 5. The molecule has 1 aromatic carbocycles.